The lowest BCUT2D eigenvalue weighted by Gasteiger charge is -2.06. The molecule has 4 heteroatoms. The predicted molar refractivity (Wildman–Crippen MR) is 67.7 cm³/mol. The third kappa shape index (κ3) is 1.83. The third-order valence-corrected chi connectivity index (χ3v) is 3.31. The summed E-state index contributed by atoms with van der Waals surface area (Å²) < 4.78 is 11.3. The van der Waals surface area contributed by atoms with E-state index in [0.717, 1.165) is 23.3 Å². The number of ether oxygens (including phenoxy) is 1. The van der Waals surface area contributed by atoms with E-state index in [-0.39, 0.29) is 5.76 Å². The van der Waals surface area contributed by atoms with Crippen molar-refractivity contribution in [2.24, 2.45) is 11.7 Å². The van der Waals surface area contributed by atoms with E-state index < -0.39 is 5.91 Å². The number of benzene rings is 1. The fourth-order valence-corrected chi connectivity index (χ4v) is 2.11. The van der Waals surface area contributed by atoms with Crippen molar-refractivity contribution in [2.45, 2.75) is 19.8 Å². The highest BCUT2D eigenvalue weighted by Gasteiger charge is 2.23. The van der Waals surface area contributed by atoms with Crippen LogP contribution in [0.2, 0.25) is 0 Å². The lowest BCUT2D eigenvalue weighted by molar-refractivity contribution is 0.0975. The van der Waals surface area contributed by atoms with E-state index in [1.165, 1.54) is 12.8 Å². The SMILES string of the molecule is Cc1c(C(N)=O)oc2cccc(OCC3CC3)c12. The molecule has 2 N–H and O–H groups in total. The Morgan fingerprint density at radius 2 is 2.28 bits per heavy atom. The normalized spacial score (nSPS) is 14.9. The Balaban J connectivity index is 2.04. The number of rotatable bonds is 4. The first-order chi connectivity index (χ1) is 8.66. The summed E-state index contributed by atoms with van der Waals surface area (Å²) in [6.45, 7) is 2.56. The molecule has 0 bridgehead atoms. The smallest absolute Gasteiger partial charge is 0.284 e. The lowest BCUT2D eigenvalue weighted by Crippen LogP contribution is -2.10. The monoisotopic (exact) mass is 245 g/mol. The van der Waals surface area contributed by atoms with E-state index in [4.69, 9.17) is 14.9 Å². The van der Waals surface area contributed by atoms with E-state index in [2.05, 4.69) is 0 Å². The van der Waals surface area contributed by atoms with Crippen molar-refractivity contribution in [3.63, 3.8) is 0 Å². The molecular weight excluding hydrogens is 230 g/mol. The molecule has 2 aromatic rings. The minimum Gasteiger partial charge on any atom is -0.493 e. The van der Waals surface area contributed by atoms with Crippen molar-refractivity contribution in [1.29, 1.82) is 0 Å². The van der Waals surface area contributed by atoms with Gasteiger partial charge >= 0.3 is 0 Å². The van der Waals surface area contributed by atoms with E-state index in [1.807, 2.05) is 25.1 Å². The summed E-state index contributed by atoms with van der Waals surface area (Å²) in [4.78, 5) is 11.3. The number of hydrogen-bond donors (Lipinski definition) is 1. The molecule has 3 rings (SSSR count). The molecular formula is C14H15NO3. The molecule has 4 nitrogen and oxygen atoms in total. The van der Waals surface area contributed by atoms with Crippen molar-refractivity contribution in [3.05, 3.63) is 29.5 Å². The Hall–Kier alpha value is -1.97. The van der Waals surface area contributed by atoms with Gasteiger partial charge in [-0.05, 0) is 37.8 Å². The molecule has 0 unspecified atom stereocenters. The predicted octanol–water partition coefficient (Wildman–Crippen LogP) is 2.63. The standard InChI is InChI=1S/C14H15NO3/c1-8-12-10(17-7-9-5-6-9)3-2-4-11(12)18-13(8)14(15)16/h2-4,9H,5-7H2,1H3,(H2,15,16). The maximum Gasteiger partial charge on any atom is 0.284 e. The number of carbonyl (C=O) groups is 1. The Labute approximate surface area is 105 Å². The minimum atomic E-state index is -0.545. The third-order valence-electron chi connectivity index (χ3n) is 3.31. The average molecular weight is 245 g/mol. The molecule has 0 spiro atoms. The van der Waals surface area contributed by atoms with Crippen LogP contribution >= 0.6 is 0 Å². The minimum absolute atomic E-state index is 0.215. The maximum absolute atomic E-state index is 11.3. The maximum atomic E-state index is 11.3. The number of carbonyl (C=O) groups excluding carboxylic acids is 1. The van der Waals surface area contributed by atoms with E-state index >= 15 is 0 Å². The van der Waals surface area contributed by atoms with Crippen molar-refractivity contribution >= 4 is 16.9 Å². The Morgan fingerprint density at radius 3 is 2.94 bits per heavy atom. The molecule has 1 amide bonds. The Morgan fingerprint density at radius 1 is 1.50 bits per heavy atom. The molecule has 1 fully saturated rings. The van der Waals surface area contributed by atoms with Gasteiger partial charge in [-0.2, -0.15) is 0 Å². The number of aryl methyl sites for hydroxylation is 1. The molecule has 0 saturated heterocycles. The average Bonchev–Trinajstić information content (AvgIpc) is 3.10. The Kier molecular flexibility index (Phi) is 2.51. The van der Waals surface area contributed by atoms with Gasteiger partial charge in [0.05, 0.1) is 12.0 Å². The largest absolute Gasteiger partial charge is 0.493 e. The summed E-state index contributed by atoms with van der Waals surface area (Å²) >= 11 is 0. The fraction of sp³-hybridized carbons (Fsp3) is 0.357. The van der Waals surface area contributed by atoms with Crippen LogP contribution in [0, 0.1) is 12.8 Å². The first-order valence-electron chi connectivity index (χ1n) is 6.11. The van der Waals surface area contributed by atoms with Gasteiger partial charge in [0.25, 0.3) is 5.91 Å². The zero-order chi connectivity index (χ0) is 12.7. The van der Waals surface area contributed by atoms with Crippen LogP contribution in [0.3, 0.4) is 0 Å². The molecule has 1 saturated carbocycles. The molecule has 0 radical (unpaired) electrons. The quantitative estimate of drug-likeness (QED) is 0.900. The first kappa shape index (κ1) is 11.1. The van der Waals surface area contributed by atoms with Gasteiger partial charge in [0.1, 0.15) is 11.3 Å². The fourth-order valence-electron chi connectivity index (χ4n) is 2.11. The van der Waals surface area contributed by atoms with Crippen LogP contribution in [-0.2, 0) is 0 Å². The van der Waals surface area contributed by atoms with Crippen LogP contribution in [0.5, 0.6) is 5.75 Å². The molecule has 18 heavy (non-hydrogen) atoms. The van der Waals surface area contributed by atoms with Crippen LogP contribution in [0.1, 0.15) is 29.0 Å². The van der Waals surface area contributed by atoms with E-state index in [0.29, 0.717) is 11.5 Å². The number of amides is 1. The van der Waals surface area contributed by atoms with Gasteiger partial charge < -0.3 is 14.9 Å². The van der Waals surface area contributed by atoms with Gasteiger partial charge in [0, 0.05) is 5.56 Å². The van der Waals surface area contributed by atoms with Crippen LogP contribution in [0.4, 0.5) is 0 Å². The molecule has 1 aromatic carbocycles. The molecule has 1 aliphatic rings. The van der Waals surface area contributed by atoms with E-state index in [1.54, 1.807) is 0 Å². The zero-order valence-corrected chi connectivity index (χ0v) is 10.2. The van der Waals surface area contributed by atoms with Crippen LogP contribution < -0.4 is 10.5 Å². The number of hydrogen-bond acceptors (Lipinski definition) is 3. The van der Waals surface area contributed by atoms with Gasteiger partial charge in [0.15, 0.2) is 5.76 Å². The molecule has 0 aliphatic heterocycles. The van der Waals surface area contributed by atoms with Crippen LogP contribution in [-0.4, -0.2) is 12.5 Å². The van der Waals surface area contributed by atoms with E-state index in [9.17, 15) is 4.79 Å². The van der Waals surface area contributed by atoms with Crippen molar-refractivity contribution in [1.82, 2.24) is 0 Å². The summed E-state index contributed by atoms with van der Waals surface area (Å²) in [5.74, 6) is 1.13. The van der Waals surface area contributed by atoms with Gasteiger partial charge in [-0.15, -0.1) is 0 Å². The van der Waals surface area contributed by atoms with Crippen LogP contribution in [0.25, 0.3) is 11.0 Å². The summed E-state index contributed by atoms with van der Waals surface area (Å²) in [5.41, 5.74) is 6.69. The van der Waals surface area contributed by atoms with Crippen molar-refractivity contribution in [2.75, 3.05) is 6.61 Å². The second-order valence-electron chi connectivity index (χ2n) is 4.80. The number of nitrogens with two attached hydrogens (primary N) is 1. The first-order valence-corrected chi connectivity index (χ1v) is 6.11. The summed E-state index contributed by atoms with van der Waals surface area (Å²) in [7, 11) is 0. The summed E-state index contributed by atoms with van der Waals surface area (Å²) in [6, 6.07) is 5.58. The highest BCUT2D eigenvalue weighted by Crippen LogP contribution is 2.35. The molecule has 1 heterocycles. The second-order valence-corrected chi connectivity index (χ2v) is 4.80. The van der Waals surface area contributed by atoms with Gasteiger partial charge in [-0.3, -0.25) is 4.79 Å². The summed E-state index contributed by atoms with van der Waals surface area (Å²) in [6.07, 6.45) is 2.49. The second kappa shape index (κ2) is 4.05. The van der Waals surface area contributed by atoms with Gasteiger partial charge in [-0.1, -0.05) is 6.07 Å². The highest BCUT2D eigenvalue weighted by molar-refractivity contribution is 5.99. The van der Waals surface area contributed by atoms with Crippen LogP contribution in [0.15, 0.2) is 22.6 Å². The van der Waals surface area contributed by atoms with Crippen molar-refractivity contribution in [3.8, 4) is 5.75 Å². The molecule has 1 aromatic heterocycles. The zero-order valence-electron chi connectivity index (χ0n) is 10.2. The van der Waals surface area contributed by atoms with Crippen molar-refractivity contribution < 1.29 is 13.9 Å². The lowest BCUT2D eigenvalue weighted by atomic mass is 10.1. The Bertz CT molecular complexity index is 611. The number of furan rings is 1. The number of primary amides is 1. The molecule has 0 atom stereocenters. The van der Waals surface area contributed by atoms with Gasteiger partial charge in [-0.25, -0.2) is 0 Å². The molecule has 94 valence electrons. The highest BCUT2D eigenvalue weighted by atomic mass is 16.5. The van der Waals surface area contributed by atoms with Gasteiger partial charge in [0.2, 0.25) is 0 Å². The summed E-state index contributed by atoms with van der Waals surface area (Å²) in [5, 5.41) is 0.854. The topological polar surface area (TPSA) is 65.5 Å². The number of fused-ring (bicyclic) bond motifs is 1. The molecule has 1 aliphatic carbocycles.